The Bertz CT molecular complexity index is 789. The third-order valence-corrected chi connectivity index (χ3v) is 5.81. The van der Waals surface area contributed by atoms with E-state index in [0.717, 1.165) is 35.4 Å². The molecule has 1 aliphatic heterocycles. The maximum Gasteiger partial charge on any atom is 0.263 e. The first kappa shape index (κ1) is 20.6. The Labute approximate surface area is 170 Å². The van der Waals surface area contributed by atoms with Gasteiger partial charge in [0.2, 0.25) is 5.91 Å². The van der Waals surface area contributed by atoms with Crippen LogP contribution in [0.4, 0.5) is 0 Å². The highest BCUT2D eigenvalue weighted by Crippen LogP contribution is 2.21. The third-order valence-electron chi connectivity index (χ3n) is 4.95. The van der Waals surface area contributed by atoms with Gasteiger partial charge in [0.05, 0.1) is 23.5 Å². The summed E-state index contributed by atoms with van der Waals surface area (Å²) >= 11 is 1.45. The Morgan fingerprint density at radius 1 is 1.21 bits per heavy atom. The van der Waals surface area contributed by atoms with Crippen LogP contribution in [0.3, 0.4) is 0 Å². The van der Waals surface area contributed by atoms with E-state index in [-0.39, 0.29) is 23.8 Å². The standard InChI is InChI=1S/C22H28N2O3S/c1-16(2)27-15-19-8-4-3-7-17(19)13-23-21(25)18-9-5-11-24(14-18)22(26)20-10-6-12-28-20/h3-4,6-8,10,12,16,18H,5,9,11,13-15H2,1-2H3,(H,23,25)/t18-/m1/s1. The van der Waals surface area contributed by atoms with E-state index in [0.29, 0.717) is 19.7 Å². The number of nitrogens with one attached hydrogen (secondary N) is 1. The van der Waals surface area contributed by atoms with Crippen LogP contribution in [0, 0.1) is 5.92 Å². The zero-order valence-corrected chi connectivity index (χ0v) is 17.3. The van der Waals surface area contributed by atoms with Crippen molar-refractivity contribution in [2.45, 2.75) is 45.9 Å². The number of piperidine rings is 1. The van der Waals surface area contributed by atoms with Gasteiger partial charge in [-0.2, -0.15) is 0 Å². The van der Waals surface area contributed by atoms with Crippen molar-refractivity contribution < 1.29 is 14.3 Å². The zero-order chi connectivity index (χ0) is 19.9. The molecule has 1 aliphatic rings. The molecule has 0 saturated carbocycles. The highest BCUT2D eigenvalue weighted by atomic mass is 32.1. The molecule has 5 nitrogen and oxygen atoms in total. The summed E-state index contributed by atoms with van der Waals surface area (Å²) < 4.78 is 5.71. The molecule has 2 heterocycles. The molecule has 0 aliphatic carbocycles. The number of amides is 2. The number of carbonyl (C=O) groups excluding carboxylic acids is 2. The first-order valence-electron chi connectivity index (χ1n) is 9.83. The molecule has 0 unspecified atom stereocenters. The van der Waals surface area contributed by atoms with Crippen LogP contribution >= 0.6 is 11.3 Å². The minimum atomic E-state index is -0.156. The molecule has 28 heavy (non-hydrogen) atoms. The van der Waals surface area contributed by atoms with Crippen LogP contribution in [0.5, 0.6) is 0 Å². The molecule has 1 atom stereocenters. The minimum Gasteiger partial charge on any atom is -0.374 e. The number of nitrogens with zero attached hydrogens (tertiary/aromatic N) is 1. The van der Waals surface area contributed by atoms with Crippen LogP contribution < -0.4 is 5.32 Å². The lowest BCUT2D eigenvalue weighted by atomic mass is 9.96. The summed E-state index contributed by atoms with van der Waals surface area (Å²) in [5.41, 5.74) is 2.16. The van der Waals surface area contributed by atoms with E-state index in [4.69, 9.17) is 4.74 Å². The van der Waals surface area contributed by atoms with E-state index in [1.165, 1.54) is 11.3 Å². The quantitative estimate of drug-likeness (QED) is 0.768. The van der Waals surface area contributed by atoms with Crippen molar-refractivity contribution in [3.63, 3.8) is 0 Å². The Balaban J connectivity index is 1.56. The fourth-order valence-corrected chi connectivity index (χ4v) is 4.08. The van der Waals surface area contributed by atoms with Gasteiger partial charge in [0.1, 0.15) is 0 Å². The predicted molar refractivity (Wildman–Crippen MR) is 111 cm³/mol. The molecular formula is C22H28N2O3S. The first-order chi connectivity index (χ1) is 13.5. The summed E-state index contributed by atoms with van der Waals surface area (Å²) in [6.45, 7) is 6.24. The summed E-state index contributed by atoms with van der Waals surface area (Å²) in [5.74, 6) is -0.108. The first-order valence-corrected chi connectivity index (χ1v) is 10.7. The van der Waals surface area contributed by atoms with E-state index in [1.807, 2.05) is 60.5 Å². The molecule has 1 fully saturated rings. The minimum absolute atomic E-state index is 0.0169. The second kappa shape index (κ2) is 9.85. The summed E-state index contributed by atoms with van der Waals surface area (Å²) in [6.07, 6.45) is 1.84. The number of thiophene rings is 1. The van der Waals surface area contributed by atoms with Crippen LogP contribution in [0.15, 0.2) is 41.8 Å². The Kier molecular flexibility index (Phi) is 7.23. The zero-order valence-electron chi connectivity index (χ0n) is 16.5. The molecule has 0 spiro atoms. The van der Waals surface area contributed by atoms with Gasteiger partial charge in [-0.15, -0.1) is 11.3 Å². The van der Waals surface area contributed by atoms with E-state index >= 15 is 0 Å². The van der Waals surface area contributed by atoms with Gasteiger partial charge in [-0.1, -0.05) is 30.3 Å². The van der Waals surface area contributed by atoms with Gasteiger partial charge in [0.25, 0.3) is 5.91 Å². The second-order valence-corrected chi connectivity index (χ2v) is 8.36. The van der Waals surface area contributed by atoms with Gasteiger partial charge in [0, 0.05) is 19.6 Å². The summed E-state index contributed by atoms with van der Waals surface area (Å²) in [7, 11) is 0. The predicted octanol–water partition coefficient (Wildman–Crippen LogP) is 3.84. The Morgan fingerprint density at radius 2 is 2.00 bits per heavy atom. The van der Waals surface area contributed by atoms with Crippen LogP contribution in [-0.4, -0.2) is 35.9 Å². The summed E-state index contributed by atoms with van der Waals surface area (Å²) in [6, 6.07) is 11.7. The molecule has 6 heteroatoms. The van der Waals surface area contributed by atoms with Crippen molar-refractivity contribution in [1.82, 2.24) is 10.2 Å². The largest absolute Gasteiger partial charge is 0.374 e. The molecule has 0 bridgehead atoms. The molecular weight excluding hydrogens is 372 g/mol. The van der Waals surface area contributed by atoms with Crippen molar-refractivity contribution in [2.75, 3.05) is 13.1 Å². The normalized spacial score (nSPS) is 17.0. The SMILES string of the molecule is CC(C)OCc1ccccc1CNC(=O)[C@@H]1CCCN(C(=O)c2cccs2)C1. The average Bonchev–Trinajstić information content (AvgIpc) is 3.25. The lowest BCUT2D eigenvalue weighted by Crippen LogP contribution is -2.45. The smallest absolute Gasteiger partial charge is 0.263 e. The Morgan fingerprint density at radius 3 is 2.71 bits per heavy atom. The second-order valence-electron chi connectivity index (χ2n) is 7.41. The van der Waals surface area contributed by atoms with Gasteiger partial charge in [-0.05, 0) is 49.3 Å². The van der Waals surface area contributed by atoms with Gasteiger partial charge >= 0.3 is 0 Å². The number of carbonyl (C=O) groups is 2. The maximum atomic E-state index is 12.7. The number of benzene rings is 1. The molecule has 2 amide bonds. The van der Waals surface area contributed by atoms with Crippen molar-refractivity contribution in [1.29, 1.82) is 0 Å². The summed E-state index contributed by atoms with van der Waals surface area (Å²) in [4.78, 5) is 27.8. The summed E-state index contributed by atoms with van der Waals surface area (Å²) in [5, 5.41) is 4.97. The molecule has 1 N–H and O–H groups in total. The topological polar surface area (TPSA) is 58.6 Å². The lowest BCUT2D eigenvalue weighted by molar-refractivity contribution is -0.126. The third kappa shape index (κ3) is 5.42. The van der Waals surface area contributed by atoms with Crippen molar-refractivity contribution in [2.24, 2.45) is 5.92 Å². The highest BCUT2D eigenvalue weighted by Gasteiger charge is 2.29. The van der Waals surface area contributed by atoms with Crippen LogP contribution in [0.2, 0.25) is 0 Å². The highest BCUT2D eigenvalue weighted by molar-refractivity contribution is 7.12. The number of likely N-dealkylation sites (tertiary alicyclic amines) is 1. The van der Waals surface area contributed by atoms with E-state index in [2.05, 4.69) is 5.32 Å². The lowest BCUT2D eigenvalue weighted by Gasteiger charge is -2.31. The molecule has 2 aromatic rings. The molecule has 1 aromatic carbocycles. The fraction of sp³-hybridized carbons (Fsp3) is 0.455. The maximum absolute atomic E-state index is 12.7. The molecule has 150 valence electrons. The fourth-order valence-electron chi connectivity index (χ4n) is 3.39. The molecule has 1 aromatic heterocycles. The van der Waals surface area contributed by atoms with Crippen LogP contribution in [0.25, 0.3) is 0 Å². The van der Waals surface area contributed by atoms with Gasteiger partial charge < -0.3 is 15.0 Å². The average molecular weight is 401 g/mol. The van der Waals surface area contributed by atoms with Crippen molar-refractivity contribution >= 4 is 23.2 Å². The van der Waals surface area contributed by atoms with Gasteiger partial charge in [-0.3, -0.25) is 9.59 Å². The molecule has 0 radical (unpaired) electrons. The molecule has 3 rings (SSSR count). The number of hydrogen-bond donors (Lipinski definition) is 1. The number of hydrogen-bond acceptors (Lipinski definition) is 4. The number of rotatable bonds is 7. The van der Waals surface area contributed by atoms with E-state index in [1.54, 1.807) is 0 Å². The van der Waals surface area contributed by atoms with Crippen LogP contribution in [0.1, 0.15) is 47.5 Å². The Hall–Kier alpha value is -2.18. The van der Waals surface area contributed by atoms with E-state index in [9.17, 15) is 9.59 Å². The van der Waals surface area contributed by atoms with Crippen molar-refractivity contribution in [3.8, 4) is 0 Å². The monoisotopic (exact) mass is 400 g/mol. The van der Waals surface area contributed by atoms with E-state index < -0.39 is 0 Å². The molecule has 1 saturated heterocycles. The number of ether oxygens (including phenoxy) is 1. The van der Waals surface area contributed by atoms with Crippen LogP contribution in [-0.2, 0) is 22.7 Å². The van der Waals surface area contributed by atoms with Gasteiger partial charge in [-0.25, -0.2) is 0 Å². The van der Waals surface area contributed by atoms with Crippen molar-refractivity contribution in [3.05, 3.63) is 57.8 Å². The van der Waals surface area contributed by atoms with Gasteiger partial charge in [0.15, 0.2) is 0 Å².